The zero-order valence-electron chi connectivity index (χ0n) is 16.3. The van der Waals surface area contributed by atoms with Crippen LogP contribution in [-0.2, 0) is 19.4 Å². The quantitative estimate of drug-likeness (QED) is 0.604. The summed E-state index contributed by atoms with van der Waals surface area (Å²) in [6.07, 6.45) is -2.72. The van der Waals surface area contributed by atoms with Crippen molar-refractivity contribution in [2.75, 3.05) is 0 Å². The lowest BCUT2D eigenvalue weighted by Crippen LogP contribution is -2.41. The van der Waals surface area contributed by atoms with Gasteiger partial charge in [0.1, 0.15) is 16.4 Å². The molecule has 0 radical (unpaired) electrons. The SMILES string of the molecule is O=C(O)CC1CCC(c2cc(F)ccc2F)(S(=O)(=O)C2=CCC(C(F)(F)F)C=C2)CC1. The van der Waals surface area contributed by atoms with Crippen molar-refractivity contribution in [3.63, 3.8) is 0 Å². The molecule has 1 aromatic rings. The van der Waals surface area contributed by atoms with E-state index in [-0.39, 0.29) is 48.5 Å². The van der Waals surface area contributed by atoms with Crippen LogP contribution < -0.4 is 0 Å². The molecule has 0 spiro atoms. The maximum Gasteiger partial charge on any atom is 0.395 e. The number of hydrogen-bond acceptors (Lipinski definition) is 3. The second kappa shape index (κ2) is 8.37. The van der Waals surface area contributed by atoms with E-state index in [0.717, 1.165) is 36.4 Å². The molecule has 1 unspecified atom stereocenters. The molecular formula is C21H21F5O4S. The van der Waals surface area contributed by atoms with E-state index < -0.39 is 50.7 Å². The number of carboxylic acid groups (broad SMARTS) is 1. The average molecular weight is 464 g/mol. The number of rotatable bonds is 5. The summed E-state index contributed by atoms with van der Waals surface area (Å²) in [7, 11) is -4.41. The predicted molar refractivity (Wildman–Crippen MR) is 103 cm³/mol. The summed E-state index contributed by atoms with van der Waals surface area (Å²) < 4.78 is 92.8. The fourth-order valence-corrected chi connectivity index (χ4v) is 6.64. The Morgan fingerprint density at radius 2 is 1.81 bits per heavy atom. The Morgan fingerprint density at radius 3 is 2.32 bits per heavy atom. The molecule has 170 valence electrons. The molecule has 2 aliphatic carbocycles. The molecule has 0 heterocycles. The summed E-state index contributed by atoms with van der Waals surface area (Å²) in [5, 5.41) is 9.01. The lowest BCUT2D eigenvalue weighted by atomic mass is 9.76. The topological polar surface area (TPSA) is 71.4 Å². The highest BCUT2D eigenvalue weighted by atomic mass is 32.2. The molecule has 1 aromatic carbocycles. The van der Waals surface area contributed by atoms with E-state index in [1.807, 2.05) is 0 Å². The first-order chi connectivity index (χ1) is 14.4. The lowest BCUT2D eigenvalue weighted by molar-refractivity contribution is -0.160. The number of benzene rings is 1. The minimum absolute atomic E-state index is 0.143. The van der Waals surface area contributed by atoms with E-state index in [0.29, 0.717) is 0 Å². The number of allylic oxidation sites excluding steroid dienone is 3. The van der Waals surface area contributed by atoms with Crippen molar-refractivity contribution in [3.05, 3.63) is 58.5 Å². The van der Waals surface area contributed by atoms with Gasteiger partial charge in [0.15, 0.2) is 9.84 Å². The Balaban J connectivity index is 2.04. The fourth-order valence-electron chi connectivity index (χ4n) is 4.39. The van der Waals surface area contributed by atoms with E-state index in [4.69, 9.17) is 5.11 Å². The number of alkyl halides is 3. The zero-order chi connectivity index (χ0) is 23.0. The monoisotopic (exact) mass is 464 g/mol. The molecule has 1 N–H and O–H groups in total. The minimum Gasteiger partial charge on any atom is -0.481 e. The van der Waals surface area contributed by atoms with E-state index in [2.05, 4.69) is 0 Å². The van der Waals surface area contributed by atoms with Crippen LogP contribution >= 0.6 is 0 Å². The molecule has 1 fully saturated rings. The Bertz CT molecular complexity index is 1020. The molecule has 3 rings (SSSR count). The van der Waals surface area contributed by atoms with Crippen LogP contribution in [-0.4, -0.2) is 25.7 Å². The molecule has 4 nitrogen and oxygen atoms in total. The largest absolute Gasteiger partial charge is 0.481 e. The summed E-state index contributed by atoms with van der Waals surface area (Å²) in [6.45, 7) is 0. The van der Waals surface area contributed by atoms with Gasteiger partial charge < -0.3 is 5.11 Å². The van der Waals surface area contributed by atoms with Crippen molar-refractivity contribution in [1.29, 1.82) is 0 Å². The molecule has 2 aliphatic rings. The number of aliphatic carboxylic acids is 1. The van der Waals surface area contributed by atoms with Crippen LogP contribution in [0, 0.1) is 23.5 Å². The first-order valence-electron chi connectivity index (χ1n) is 9.74. The Kier molecular flexibility index (Phi) is 6.32. The third kappa shape index (κ3) is 4.53. The number of halogens is 5. The van der Waals surface area contributed by atoms with Gasteiger partial charge in [-0.2, -0.15) is 13.2 Å². The van der Waals surface area contributed by atoms with Crippen LogP contribution in [0.5, 0.6) is 0 Å². The van der Waals surface area contributed by atoms with Gasteiger partial charge in [0, 0.05) is 12.0 Å². The van der Waals surface area contributed by atoms with Gasteiger partial charge in [-0.25, -0.2) is 17.2 Å². The van der Waals surface area contributed by atoms with Crippen molar-refractivity contribution in [2.24, 2.45) is 11.8 Å². The summed E-state index contributed by atoms with van der Waals surface area (Å²) in [5.41, 5.74) is -0.381. The van der Waals surface area contributed by atoms with Crippen LogP contribution in [0.2, 0.25) is 0 Å². The smallest absolute Gasteiger partial charge is 0.395 e. The Labute approximate surface area is 176 Å². The van der Waals surface area contributed by atoms with E-state index in [1.165, 1.54) is 0 Å². The van der Waals surface area contributed by atoms with Crippen LogP contribution in [0.3, 0.4) is 0 Å². The zero-order valence-corrected chi connectivity index (χ0v) is 17.1. The summed E-state index contributed by atoms with van der Waals surface area (Å²) in [5.74, 6) is -4.98. The standard InChI is InChI=1S/C21H21F5O4S/c22-15-3-6-18(23)17(12-15)20(9-7-13(8-10-20)11-19(27)28)31(29,30)16-4-1-14(2-5-16)21(24,25)26/h1,3-6,12-14H,2,7-11H2,(H,27,28). The average Bonchev–Trinajstić information content (AvgIpc) is 2.69. The van der Waals surface area contributed by atoms with Crippen LogP contribution in [0.4, 0.5) is 22.0 Å². The summed E-state index contributed by atoms with van der Waals surface area (Å²) >= 11 is 0. The van der Waals surface area contributed by atoms with Crippen molar-refractivity contribution in [2.45, 2.75) is 49.4 Å². The van der Waals surface area contributed by atoms with Crippen LogP contribution in [0.1, 0.15) is 44.1 Å². The van der Waals surface area contributed by atoms with Crippen LogP contribution in [0.25, 0.3) is 0 Å². The summed E-state index contributed by atoms with van der Waals surface area (Å²) in [6, 6.07) is 2.47. The second-order valence-electron chi connectivity index (χ2n) is 8.01. The highest BCUT2D eigenvalue weighted by Crippen LogP contribution is 2.50. The normalized spacial score (nSPS) is 27.1. The maximum absolute atomic E-state index is 14.7. The highest BCUT2D eigenvalue weighted by molar-refractivity contribution is 7.96. The molecule has 0 saturated heterocycles. The van der Waals surface area contributed by atoms with Crippen molar-refractivity contribution in [1.82, 2.24) is 0 Å². The summed E-state index contributed by atoms with van der Waals surface area (Å²) in [4.78, 5) is 10.6. The van der Waals surface area contributed by atoms with Gasteiger partial charge >= 0.3 is 12.1 Å². The molecule has 10 heteroatoms. The molecule has 31 heavy (non-hydrogen) atoms. The maximum atomic E-state index is 14.7. The highest BCUT2D eigenvalue weighted by Gasteiger charge is 2.51. The van der Waals surface area contributed by atoms with Crippen LogP contribution in [0.15, 0.2) is 41.3 Å². The van der Waals surface area contributed by atoms with Gasteiger partial charge in [0.2, 0.25) is 0 Å². The van der Waals surface area contributed by atoms with Gasteiger partial charge in [0.25, 0.3) is 0 Å². The van der Waals surface area contributed by atoms with E-state index in [9.17, 15) is 35.2 Å². The van der Waals surface area contributed by atoms with E-state index in [1.54, 1.807) is 0 Å². The Hall–Kier alpha value is -2.23. The molecule has 0 aromatic heterocycles. The number of carboxylic acids is 1. The van der Waals surface area contributed by atoms with Gasteiger partial charge in [-0.3, -0.25) is 4.79 Å². The van der Waals surface area contributed by atoms with Crippen molar-refractivity contribution < 1.29 is 40.3 Å². The first-order valence-corrected chi connectivity index (χ1v) is 11.2. The predicted octanol–water partition coefficient (Wildman–Crippen LogP) is 5.26. The number of carbonyl (C=O) groups is 1. The fraction of sp³-hybridized carbons (Fsp3) is 0.476. The third-order valence-electron chi connectivity index (χ3n) is 6.11. The van der Waals surface area contributed by atoms with Crippen molar-refractivity contribution in [3.8, 4) is 0 Å². The van der Waals surface area contributed by atoms with Gasteiger partial charge in [-0.1, -0.05) is 12.2 Å². The molecular weight excluding hydrogens is 443 g/mol. The molecule has 0 bridgehead atoms. The number of hydrogen-bond donors (Lipinski definition) is 1. The first kappa shape index (κ1) is 23.4. The van der Waals surface area contributed by atoms with Gasteiger partial charge in [-0.15, -0.1) is 0 Å². The third-order valence-corrected chi connectivity index (χ3v) is 8.69. The van der Waals surface area contributed by atoms with E-state index >= 15 is 0 Å². The lowest BCUT2D eigenvalue weighted by Gasteiger charge is -2.40. The minimum atomic E-state index is -4.52. The molecule has 0 aliphatic heterocycles. The number of sulfone groups is 1. The van der Waals surface area contributed by atoms with Gasteiger partial charge in [-0.05, 0) is 62.3 Å². The second-order valence-corrected chi connectivity index (χ2v) is 10.3. The Morgan fingerprint density at radius 1 is 1.16 bits per heavy atom. The van der Waals surface area contributed by atoms with Crippen molar-refractivity contribution >= 4 is 15.8 Å². The van der Waals surface area contributed by atoms with Gasteiger partial charge in [0.05, 0.1) is 10.8 Å². The molecule has 0 amide bonds. The molecule has 1 saturated carbocycles. The molecule has 1 atom stereocenters.